The molecule has 2 aliphatic carbocycles. The Labute approximate surface area is 176 Å². The van der Waals surface area contributed by atoms with Crippen molar-refractivity contribution in [2.24, 2.45) is 11.3 Å². The third kappa shape index (κ3) is 4.23. The molecule has 2 heterocycles. The zero-order chi connectivity index (χ0) is 22.6. The summed E-state index contributed by atoms with van der Waals surface area (Å²) in [6.45, 7) is 2.44. The van der Waals surface area contributed by atoms with Crippen molar-refractivity contribution in [1.29, 1.82) is 0 Å². The zero-order valence-electron chi connectivity index (χ0n) is 17.1. The zero-order valence-corrected chi connectivity index (χ0v) is 17.1. The van der Waals surface area contributed by atoms with Gasteiger partial charge >= 0.3 is 6.18 Å². The summed E-state index contributed by atoms with van der Waals surface area (Å²) in [6, 6.07) is 2.79. The van der Waals surface area contributed by atoms with Crippen molar-refractivity contribution >= 4 is 5.91 Å². The lowest BCUT2D eigenvalue weighted by Crippen LogP contribution is -2.64. The summed E-state index contributed by atoms with van der Waals surface area (Å²) in [6.07, 6.45) is -5.19. The maximum Gasteiger partial charge on any atom is 0.433 e. The Morgan fingerprint density at radius 3 is 2.39 bits per heavy atom. The van der Waals surface area contributed by atoms with E-state index in [0.717, 1.165) is 12.8 Å². The highest BCUT2D eigenvalue weighted by atomic mass is 19.4. The first-order chi connectivity index (χ1) is 14.4. The fourth-order valence-corrected chi connectivity index (χ4v) is 5.00. The van der Waals surface area contributed by atoms with Gasteiger partial charge in [-0.25, -0.2) is 13.8 Å². The van der Waals surface area contributed by atoms with Crippen molar-refractivity contribution in [2.75, 3.05) is 13.1 Å². The summed E-state index contributed by atoms with van der Waals surface area (Å²) in [4.78, 5) is 17.7. The Kier molecular flexibility index (Phi) is 5.43. The van der Waals surface area contributed by atoms with Crippen LogP contribution in [0.25, 0.3) is 0 Å². The number of pyridine rings is 1. The van der Waals surface area contributed by atoms with Gasteiger partial charge in [0.05, 0.1) is 0 Å². The smallest absolute Gasteiger partial charge is 0.433 e. The van der Waals surface area contributed by atoms with Gasteiger partial charge in [-0.1, -0.05) is 6.07 Å². The molecule has 172 valence electrons. The monoisotopic (exact) mass is 448 g/mol. The Morgan fingerprint density at radius 2 is 1.84 bits per heavy atom. The van der Waals surface area contributed by atoms with Crippen molar-refractivity contribution in [2.45, 2.75) is 69.8 Å². The molecule has 3 aliphatic rings. The number of hydrogen-bond donors (Lipinski definition) is 1. The highest BCUT2D eigenvalue weighted by molar-refractivity contribution is 5.81. The number of rotatable bonds is 4. The number of aliphatic hydroxyl groups is 1. The van der Waals surface area contributed by atoms with E-state index >= 15 is 0 Å². The van der Waals surface area contributed by atoms with Crippen LogP contribution in [0.5, 0.6) is 5.88 Å². The molecule has 0 aromatic carbocycles. The van der Waals surface area contributed by atoms with E-state index in [1.54, 1.807) is 4.90 Å². The van der Waals surface area contributed by atoms with Crippen molar-refractivity contribution in [3.63, 3.8) is 0 Å². The van der Waals surface area contributed by atoms with Gasteiger partial charge in [-0.05, 0) is 51.0 Å². The van der Waals surface area contributed by atoms with Gasteiger partial charge in [0.15, 0.2) is 5.69 Å². The number of nitrogens with zero attached hydrogens (tertiary/aromatic N) is 2. The molecule has 1 aromatic rings. The number of likely N-dealkylation sites (tertiary alicyclic amines) is 1. The van der Waals surface area contributed by atoms with Crippen molar-refractivity contribution in [3.05, 3.63) is 23.4 Å². The molecule has 1 saturated heterocycles. The third-order valence-corrected chi connectivity index (χ3v) is 6.94. The number of halogens is 5. The highest BCUT2D eigenvalue weighted by Gasteiger charge is 2.56. The van der Waals surface area contributed by atoms with Crippen LogP contribution in [-0.2, 0) is 11.0 Å². The molecule has 31 heavy (non-hydrogen) atoms. The van der Waals surface area contributed by atoms with Crippen LogP contribution in [0.4, 0.5) is 22.0 Å². The first kappa shape index (κ1) is 22.2. The molecule has 1 N–H and O–H groups in total. The van der Waals surface area contributed by atoms with Crippen LogP contribution >= 0.6 is 0 Å². The minimum atomic E-state index is -4.53. The molecule has 2 saturated carbocycles. The largest absolute Gasteiger partial charge is 0.474 e. The van der Waals surface area contributed by atoms with Crippen LogP contribution in [-0.4, -0.2) is 52.1 Å². The van der Waals surface area contributed by atoms with E-state index < -0.39 is 29.8 Å². The molecule has 1 aliphatic heterocycles. The summed E-state index contributed by atoms with van der Waals surface area (Å²) in [5.41, 5.74) is -2.98. The fourth-order valence-electron chi connectivity index (χ4n) is 5.00. The van der Waals surface area contributed by atoms with Crippen LogP contribution in [0.3, 0.4) is 0 Å². The number of aryl methyl sites for hydroxylation is 1. The van der Waals surface area contributed by atoms with Gasteiger partial charge < -0.3 is 14.7 Å². The Balaban J connectivity index is 1.26. The predicted octanol–water partition coefficient (Wildman–Crippen LogP) is 3.97. The normalized spacial score (nSPS) is 28.4. The summed E-state index contributed by atoms with van der Waals surface area (Å²) >= 11 is 0. The lowest BCUT2D eigenvalue weighted by Gasteiger charge is -2.55. The van der Waals surface area contributed by atoms with Crippen LogP contribution in [0.1, 0.15) is 49.8 Å². The molecular formula is C21H25F5N2O3. The second-order valence-corrected chi connectivity index (χ2v) is 9.33. The van der Waals surface area contributed by atoms with Gasteiger partial charge in [0.25, 0.3) is 6.43 Å². The van der Waals surface area contributed by atoms with Crippen LogP contribution in [0.15, 0.2) is 12.1 Å². The first-order valence-corrected chi connectivity index (χ1v) is 10.4. The SMILES string of the molecule is Cc1ccc(OC2CCC3(CC2)CN(C(=O)[C@H]2C[C@](O)(C(F)F)C2)C3)nc1C(F)(F)F. The summed E-state index contributed by atoms with van der Waals surface area (Å²) in [5.74, 6) is -0.773. The minimum absolute atomic E-state index is 0.0409. The van der Waals surface area contributed by atoms with Gasteiger partial charge in [0, 0.05) is 30.5 Å². The van der Waals surface area contributed by atoms with Gasteiger partial charge in [0.2, 0.25) is 11.8 Å². The standard InChI is InChI=1S/C21H25F5N2O3/c1-12-2-3-15(27-16(12)21(24,25)26)31-14-4-6-19(7-5-14)10-28(11-19)17(29)13-8-20(30,9-13)18(22)23/h2-3,13-14,18,30H,4-11H2,1H3/t13-,20+. The summed E-state index contributed by atoms with van der Waals surface area (Å²) in [7, 11) is 0. The van der Waals surface area contributed by atoms with E-state index in [4.69, 9.17) is 4.74 Å². The molecule has 1 amide bonds. The number of ether oxygens (including phenoxy) is 1. The predicted molar refractivity (Wildman–Crippen MR) is 99.6 cm³/mol. The van der Waals surface area contributed by atoms with Crippen LogP contribution < -0.4 is 4.74 Å². The second-order valence-electron chi connectivity index (χ2n) is 9.33. The average molecular weight is 448 g/mol. The summed E-state index contributed by atoms with van der Waals surface area (Å²) < 4.78 is 70.3. The number of hydrogen-bond acceptors (Lipinski definition) is 4. The molecule has 5 nitrogen and oxygen atoms in total. The quantitative estimate of drug-likeness (QED) is 0.709. The Bertz CT molecular complexity index is 838. The molecule has 1 spiro atoms. The number of carbonyl (C=O) groups is 1. The first-order valence-electron chi connectivity index (χ1n) is 10.4. The Morgan fingerprint density at radius 1 is 1.23 bits per heavy atom. The maximum atomic E-state index is 13.0. The lowest BCUT2D eigenvalue weighted by atomic mass is 9.65. The molecule has 3 fully saturated rings. The fraction of sp³-hybridized carbons (Fsp3) is 0.714. The van der Waals surface area contributed by atoms with E-state index in [-0.39, 0.29) is 41.7 Å². The van der Waals surface area contributed by atoms with Crippen molar-refractivity contribution < 1.29 is 36.6 Å². The van der Waals surface area contributed by atoms with Crippen molar-refractivity contribution in [3.8, 4) is 5.88 Å². The lowest BCUT2D eigenvalue weighted by molar-refractivity contribution is -0.189. The minimum Gasteiger partial charge on any atom is -0.474 e. The summed E-state index contributed by atoms with van der Waals surface area (Å²) in [5, 5.41) is 9.65. The van der Waals surface area contributed by atoms with E-state index in [1.165, 1.54) is 19.1 Å². The average Bonchev–Trinajstić information content (AvgIpc) is 2.64. The van der Waals surface area contributed by atoms with Crippen molar-refractivity contribution in [1.82, 2.24) is 9.88 Å². The maximum absolute atomic E-state index is 13.0. The molecule has 10 heteroatoms. The highest BCUT2D eigenvalue weighted by Crippen LogP contribution is 2.48. The molecule has 0 atom stereocenters. The van der Waals surface area contributed by atoms with Gasteiger partial charge in [-0.2, -0.15) is 13.2 Å². The van der Waals surface area contributed by atoms with E-state index in [1.807, 2.05) is 0 Å². The molecule has 0 bridgehead atoms. The molecule has 1 aromatic heterocycles. The number of carbonyl (C=O) groups excluding carboxylic acids is 1. The molecule has 4 rings (SSSR count). The Hall–Kier alpha value is -1.97. The second kappa shape index (κ2) is 7.56. The van der Waals surface area contributed by atoms with E-state index in [2.05, 4.69) is 4.98 Å². The molecular weight excluding hydrogens is 423 g/mol. The van der Waals surface area contributed by atoms with E-state index in [9.17, 15) is 31.9 Å². The van der Waals surface area contributed by atoms with Crippen LogP contribution in [0.2, 0.25) is 0 Å². The number of aromatic nitrogens is 1. The molecule has 0 unspecified atom stereocenters. The van der Waals surface area contributed by atoms with Crippen LogP contribution in [0, 0.1) is 18.3 Å². The van der Waals surface area contributed by atoms with Gasteiger partial charge in [-0.3, -0.25) is 4.79 Å². The number of alkyl halides is 5. The third-order valence-electron chi connectivity index (χ3n) is 6.94. The molecule has 0 radical (unpaired) electrons. The van der Waals surface area contributed by atoms with E-state index in [0.29, 0.717) is 25.9 Å². The van der Waals surface area contributed by atoms with Gasteiger partial charge in [0.1, 0.15) is 11.7 Å². The van der Waals surface area contributed by atoms with Gasteiger partial charge in [-0.15, -0.1) is 0 Å². The number of amides is 1. The topological polar surface area (TPSA) is 62.7 Å².